The van der Waals surface area contributed by atoms with Crippen LogP contribution in [0.5, 0.6) is 11.5 Å². The van der Waals surface area contributed by atoms with Crippen molar-refractivity contribution < 1.29 is 14.9 Å². The quantitative estimate of drug-likeness (QED) is 0.765. The maximum absolute atomic E-state index is 10.5. The Morgan fingerprint density at radius 3 is 2.57 bits per heavy atom. The van der Waals surface area contributed by atoms with E-state index in [0.717, 1.165) is 31.7 Å². The SMILES string of the molecule is COc1cccc([C@@H](N2CCNCC2)C(C)(C)CO)c1O. The lowest BCUT2D eigenvalue weighted by molar-refractivity contribution is 0.0291. The van der Waals surface area contributed by atoms with Crippen LogP contribution >= 0.6 is 0 Å². The number of phenols is 1. The molecule has 0 saturated carbocycles. The zero-order chi connectivity index (χ0) is 15.5. The molecule has 1 atom stereocenters. The highest BCUT2D eigenvalue weighted by atomic mass is 16.5. The molecular formula is C16H26N2O3. The summed E-state index contributed by atoms with van der Waals surface area (Å²) in [5.74, 6) is 0.645. The average Bonchev–Trinajstić information content (AvgIpc) is 2.50. The minimum Gasteiger partial charge on any atom is -0.504 e. The highest BCUT2D eigenvalue weighted by molar-refractivity contribution is 5.47. The Labute approximate surface area is 126 Å². The average molecular weight is 294 g/mol. The first kappa shape index (κ1) is 16.1. The molecule has 5 nitrogen and oxygen atoms in total. The molecule has 1 aliphatic heterocycles. The number of phenolic OH excluding ortho intramolecular Hbond substituents is 1. The van der Waals surface area contributed by atoms with E-state index in [1.165, 1.54) is 0 Å². The number of piperazine rings is 1. The lowest BCUT2D eigenvalue weighted by Gasteiger charge is -2.43. The Kier molecular flexibility index (Phi) is 5.08. The molecule has 0 spiro atoms. The second-order valence-electron chi connectivity index (χ2n) is 6.23. The number of methoxy groups -OCH3 is 1. The van der Waals surface area contributed by atoms with Crippen LogP contribution in [0.2, 0.25) is 0 Å². The predicted octanol–water partition coefficient (Wildman–Crippen LogP) is 1.37. The number of benzene rings is 1. The number of para-hydroxylation sites is 1. The van der Waals surface area contributed by atoms with Gasteiger partial charge in [-0.25, -0.2) is 0 Å². The van der Waals surface area contributed by atoms with Crippen molar-refractivity contribution in [3.8, 4) is 11.5 Å². The summed E-state index contributed by atoms with van der Waals surface area (Å²) >= 11 is 0. The maximum Gasteiger partial charge on any atom is 0.162 e. The third kappa shape index (κ3) is 3.31. The van der Waals surface area contributed by atoms with E-state index in [1.807, 2.05) is 26.0 Å². The Morgan fingerprint density at radius 1 is 1.33 bits per heavy atom. The van der Waals surface area contributed by atoms with Crippen LogP contribution in [0.15, 0.2) is 18.2 Å². The van der Waals surface area contributed by atoms with Gasteiger partial charge in [0.05, 0.1) is 7.11 Å². The van der Waals surface area contributed by atoms with Gasteiger partial charge in [0.1, 0.15) is 0 Å². The zero-order valence-electron chi connectivity index (χ0n) is 13.1. The molecule has 1 aromatic rings. The van der Waals surface area contributed by atoms with E-state index >= 15 is 0 Å². The summed E-state index contributed by atoms with van der Waals surface area (Å²) in [5.41, 5.74) is 0.455. The smallest absolute Gasteiger partial charge is 0.162 e. The molecule has 0 aliphatic carbocycles. The van der Waals surface area contributed by atoms with E-state index in [0.29, 0.717) is 5.75 Å². The molecule has 3 N–H and O–H groups in total. The van der Waals surface area contributed by atoms with Gasteiger partial charge in [-0.2, -0.15) is 0 Å². The molecule has 21 heavy (non-hydrogen) atoms. The molecule has 2 rings (SSSR count). The highest BCUT2D eigenvalue weighted by Gasteiger charge is 2.37. The van der Waals surface area contributed by atoms with Crippen LogP contribution in [0.1, 0.15) is 25.5 Å². The summed E-state index contributed by atoms with van der Waals surface area (Å²) < 4.78 is 5.23. The third-order valence-corrected chi connectivity index (χ3v) is 4.21. The van der Waals surface area contributed by atoms with Crippen molar-refractivity contribution in [1.82, 2.24) is 10.2 Å². The second kappa shape index (κ2) is 6.64. The van der Waals surface area contributed by atoms with Crippen LogP contribution in [0.3, 0.4) is 0 Å². The zero-order valence-corrected chi connectivity index (χ0v) is 13.1. The van der Waals surface area contributed by atoms with E-state index < -0.39 is 0 Å². The first-order valence-corrected chi connectivity index (χ1v) is 7.42. The summed E-state index contributed by atoms with van der Waals surface area (Å²) in [5, 5.41) is 23.7. The van der Waals surface area contributed by atoms with Crippen LogP contribution in [0.4, 0.5) is 0 Å². The van der Waals surface area contributed by atoms with E-state index in [9.17, 15) is 10.2 Å². The number of rotatable bonds is 5. The van der Waals surface area contributed by atoms with Gasteiger partial charge in [0.25, 0.3) is 0 Å². The fraction of sp³-hybridized carbons (Fsp3) is 0.625. The maximum atomic E-state index is 10.5. The first-order chi connectivity index (χ1) is 10.0. The van der Waals surface area contributed by atoms with E-state index in [2.05, 4.69) is 10.2 Å². The van der Waals surface area contributed by atoms with E-state index in [4.69, 9.17) is 4.74 Å². The van der Waals surface area contributed by atoms with Gasteiger partial charge in [-0.15, -0.1) is 0 Å². The molecule has 1 fully saturated rings. The van der Waals surface area contributed by atoms with Crippen molar-refractivity contribution in [1.29, 1.82) is 0 Å². The molecule has 1 saturated heterocycles. The number of hydrogen-bond donors (Lipinski definition) is 3. The number of ether oxygens (including phenoxy) is 1. The van der Waals surface area contributed by atoms with Gasteiger partial charge >= 0.3 is 0 Å². The Morgan fingerprint density at radius 2 is 2.00 bits per heavy atom. The summed E-state index contributed by atoms with van der Waals surface area (Å²) in [7, 11) is 1.55. The summed E-state index contributed by atoms with van der Waals surface area (Å²) in [6.07, 6.45) is 0. The van der Waals surface area contributed by atoms with E-state index in [-0.39, 0.29) is 23.8 Å². The third-order valence-electron chi connectivity index (χ3n) is 4.21. The van der Waals surface area contributed by atoms with Gasteiger partial charge in [0.15, 0.2) is 11.5 Å². The Balaban J connectivity index is 2.44. The van der Waals surface area contributed by atoms with Gasteiger partial charge in [0.2, 0.25) is 0 Å². The van der Waals surface area contributed by atoms with Crippen molar-refractivity contribution in [2.75, 3.05) is 39.9 Å². The molecule has 1 aliphatic rings. The van der Waals surface area contributed by atoms with Crippen molar-refractivity contribution in [2.45, 2.75) is 19.9 Å². The molecule has 1 aromatic carbocycles. The molecule has 0 bridgehead atoms. The number of aliphatic hydroxyl groups is 1. The van der Waals surface area contributed by atoms with Gasteiger partial charge in [-0.3, -0.25) is 4.90 Å². The normalized spacial score (nSPS) is 18.5. The number of nitrogens with zero attached hydrogens (tertiary/aromatic N) is 1. The lowest BCUT2D eigenvalue weighted by Crippen LogP contribution is -2.49. The van der Waals surface area contributed by atoms with Crippen LogP contribution in [0, 0.1) is 5.41 Å². The summed E-state index contributed by atoms with van der Waals surface area (Å²) in [6.45, 7) is 7.73. The van der Waals surface area contributed by atoms with Crippen molar-refractivity contribution in [3.63, 3.8) is 0 Å². The fourth-order valence-corrected chi connectivity index (χ4v) is 3.06. The Hall–Kier alpha value is -1.30. The van der Waals surface area contributed by atoms with Crippen molar-refractivity contribution in [3.05, 3.63) is 23.8 Å². The molecule has 0 aromatic heterocycles. The van der Waals surface area contributed by atoms with Crippen LogP contribution < -0.4 is 10.1 Å². The van der Waals surface area contributed by atoms with Crippen molar-refractivity contribution >= 4 is 0 Å². The number of hydrogen-bond acceptors (Lipinski definition) is 5. The van der Waals surface area contributed by atoms with E-state index in [1.54, 1.807) is 13.2 Å². The van der Waals surface area contributed by atoms with Gasteiger partial charge in [0, 0.05) is 49.8 Å². The largest absolute Gasteiger partial charge is 0.504 e. The standard InChI is InChI=1S/C16H26N2O3/c1-16(2,11-19)15(18-9-7-17-8-10-18)12-5-4-6-13(21-3)14(12)20/h4-6,15,17,19-20H,7-11H2,1-3H3/t15-/m1/s1. The topological polar surface area (TPSA) is 65.0 Å². The second-order valence-corrected chi connectivity index (χ2v) is 6.23. The van der Waals surface area contributed by atoms with Crippen LogP contribution in [0.25, 0.3) is 0 Å². The van der Waals surface area contributed by atoms with Gasteiger partial charge in [-0.05, 0) is 6.07 Å². The van der Waals surface area contributed by atoms with Gasteiger partial charge < -0.3 is 20.3 Å². The molecule has 0 unspecified atom stereocenters. The summed E-state index contributed by atoms with van der Waals surface area (Å²) in [4.78, 5) is 2.32. The van der Waals surface area contributed by atoms with Crippen molar-refractivity contribution in [2.24, 2.45) is 5.41 Å². The summed E-state index contributed by atoms with van der Waals surface area (Å²) in [6, 6.07) is 5.50. The minimum atomic E-state index is -0.360. The first-order valence-electron chi connectivity index (χ1n) is 7.42. The molecule has 0 amide bonds. The molecular weight excluding hydrogens is 268 g/mol. The monoisotopic (exact) mass is 294 g/mol. The fourth-order valence-electron chi connectivity index (χ4n) is 3.06. The predicted molar refractivity (Wildman–Crippen MR) is 82.7 cm³/mol. The molecule has 1 heterocycles. The van der Waals surface area contributed by atoms with Crippen LogP contribution in [-0.2, 0) is 0 Å². The van der Waals surface area contributed by atoms with Gasteiger partial charge in [-0.1, -0.05) is 26.0 Å². The number of aliphatic hydroxyl groups excluding tert-OH is 1. The number of aromatic hydroxyl groups is 1. The molecule has 0 radical (unpaired) electrons. The molecule has 118 valence electrons. The van der Waals surface area contributed by atoms with Crippen LogP contribution in [-0.4, -0.2) is 55.0 Å². The molecule has 5 heteroatoms. The minimum absolute atomic E-state index is 0.0538. The highest BCUT2D eigenvalue weighted by Crippen LogP contribution is 2.44. The Bertz CT molecular complexity index is 471. The number of nitrogens with one attached hydrogen (secondary N) is 1. The lowest BCUT2D eigenvalue weighted by atomic mass is 9.79.